The lowest BCUT2D eigenvalue weighted by molar-refractivity contribution is 0.159. The molecule has 0 spiro atoms. The largest absolute Gasteiger partial charge is 0.395 e. The van der Waals surface area contributed by atoms with Gasteiger partial charge in [0.2, 0.25) is 0 Å². The van der Waals surface area contributed by atoms with E-state index < -0.39 is 0 Å². The molecule has 0 amide bonds. The number of unbranched alkanes of at least 4 members (excludes halogenated alkanes) is 3. The summed E-state index contributed by atoms with van der Waals surface area (Å²) < 4.78 is 0. The second-order valence-corrected chi connectivity index (χ2v) is 4.89. The van der Waals surface area contributed by atoms with Gasteiger partial charge >= 0.3 is 0 Å². The van der Waals surface area contributed by atoms with Crippen LogP contribution in [0.2, 0.25) is 0 Å². The Balaban J connectivity index is 3.32. The van der Waals surface area contributed by atoms with Crippen molar-refractivity contribution in [2.45, 2.75) is 46.0 Å². The summed E-state index contributed by atoms with van der Waals surface area (Å²) in [5, 5.41) is 17.7. The lowest BCUT2D eigenvalue weighted by Crippen LogP contribution is -2.30. The van der Waals surface area contributed by atoms with Gasteiger partial charge in [0.25, 0.3) is 0 Å². The second-order valence-electron chi connectivity index (χ2n) is 4.89. The topological polar surface area (TPSA) is 43.7 Å². The van der Waals surface area contributed by atoms with Crippen molar-refractivity contribution in [1.29, 1.82) is 0 Å². The van der Waals surface area contributed by atoms with Crippen LogP contribution in [0.25, 0.3) is 0 Å². The van der Waals surface area contributed by atoms with Gasteiger partial charge < -0.3 is 10.2 Å². The fourth-order valence-electron chi connectivity index (χ4n) is 1.86. The Morgan fingerprint density at radius 1 is 0.812 bits per heavy atom. The molecule has 0 fully saturated rings. The first kappa shape index (κ1) is 15.9. The van der Waals surface area contributed by atoms with Crippen LogP contribution in [0.15, 0.2) is 0 Å². The van der Waals surface area contributed by atoms with Gasteiger partial charge in [-0.1, -0.05) is 39.5 Å². The van der Waals surface area contributed by atoms with E-state index in [2.05, 4.69) is 18.7 Å². The molecule has 0 aromatic heterocycles. The molecule has 0 heterocycles. The van der Waals surface area contributed by atoms with E-state index in [-0.39, 0.29) is 13.2 Å². The van der Waals surface area contributed by atoms with Crippen LogP contribution in [0, 0.1) is 5.92 Å². The number of aliphatic hydroxyl groups excluding tert-OH is 2. The van der Waals surface area contributed by atoms with Crippen LogP contribution in [-0.2, 0) is 0 Å². The summed E-state index contributed by atoms with van der Waals surface area (Å²) in [6, 6.07) is 0. The highest BCUT2D eigenvalue weighted by Crippen LogP contribution is 2.09. The van der Waals surface area contributed by atoms with Crippen molar-refractivity contribution in [1.82, 2.24) is 4.90 Å². The molecule has 0 aliphatic rings. The van der Waals surface area contributed by atoms with Crippen LogP contribution in [0.1, 0.15) is 46.0 Å². The lowest BCUT2D eigenvalue weighted by Gasteiger charge is -2.19. The van der Waals surface area contributed by atoms with Gasteiger partial charge in [0, 0.05) is 13.1 Å². The number of hydrogen-bond acceptors (Lipinski definition) is 3. The number of hydrogen-bond donors (Lipinski definition) is 2. The zero-order chi connectivity index (χ0) is 12.2. The number of rotatable bonds is 11. The van der Waals surface area contributed by atoms with E-state index in [0.29, 0.717) is 13.1 Å². The maximum Gasteiger partial charge on any atom is 0.0558 e. The summed E-state index contributed by atoms with van der Waals surface area (Å²) in [6.45, 7) is 7.29. The van der Waals surface area contributed by atoms with E-state index in [4.69, 9.17) is 10.2 Å². The van der Waals surface area contributed by atoms with Crippen LogP contribution >= 0.6 is 0 Å². The first-order valence-corrected chi connectivity index (χ1v) is 6.64. The summed E-state index contributed by atoms with van der Waals surface area (Å²) in [4.78, 5) is 2.13. The Bertz CT molecular complexity index is 134. The molecular formula is C13H29NO2. The standard InChI is InChI=1S/C13H29NO2/c1-13(2)7-5-3-4-6-8-14(9-11-15)10-12-16/h13,15-16H,3-12H2,1-2H3. The van der Waals surface area contributed by atoms with Crippen LogP contribution in [0.4, 0.5) is 0 Å². The highest BCUT2D eigenvalue weighted by Gasteiger charge is 2.02. The molecule has 2 N–H and O–H groups in total. The smallest absolute Gasteiger partial charge is 0.0558 e. The van der Waals surface area contributed by atoms with Gasteiger partial charge in [-0.15, -0.1) is 0 Å². The third kappa shape index (κ3) is 10.4. The molecule has 98 valence electrons. The molecular weight excluding hydrogens is 202 g/mol. The van der Waals surface area contributed by atoms with Gasteiger partial charge in [-0.25, -0.2) is 0 Å². The lowest BCUT2D eigenvalue weighted by atomic mass is 10.0. The highest BCUT2D eigenvalue weighted by molar-refractivity contribution is 4.57. The average Bonchev–Trinajstić information content (AvgIpc) is 2.23. The van der Waals surface area contributed by atoms with E-state index in [0.717, 1.165) is 12.5 Å². The molecule has 0 aliphatic carbocycles. The predicted octanol–water partition coefficient (Wildman–Crippen LogP) is 1.88. The number of aliphatic hydroxyl groups is 2. The Morgan fingerprint density at radius 2 is 1.38 bits per heavy atom. The van der Waals surface area contributed by atoms with Crippen molar-refractivity contribution in [3.05, 3.63) is 0 Å². The van der Waals surface area contributed by atoms with E-state index in [9.17, 15) is 0 Å². The molecule has 0 rings (SSSR count). The highest BCUT2D eigenvalue weighted by atomic mass is 16.3. The summed E-state index contributed by atoms with van der Waals surface area (Å²) in [5.41, 5.74) is 0. The van der Waals surface area contributed by atoms with Gasteiger partial charge in [-0.3, -0.25) is 4.90 Å². The van der Waals surface area contributed by atoms with Gasteiger partial charge in [-0.05, 0) is 18.9 Å². The third-order valence-electron chi connectivity index (χ3n) is 2.84. The van der Waals surface area contributed by atoms with Crippen molar-refractivity contribution in [2.75, 3.05) is 32.8 Å². The van der Waals surface area contributed by atoms with E-state index in [1.807, 2.05) is 0 Å². The van der Waals surface area contributed by atoms with Crippen LogP contribution in [-0.4, -0.2) is 48.0 Å². The van der Waals surface area contributed by atoms with Crippen molar-refractivity contribution < 1.29 is 10.2 Å². The molecule has 0 bridgehead atoms. The zero-order valence-corrected chi connectivity index (χ0v) is 11.0. The maximum absolute atomic E-state index is 8.84. The minimum Gasteiger partial charge on any atom is -0.395 e. The van der Waals surface area contributed by atoms with Crippen molar-refractivity contribution >= 4 is 0 Å². The SMILES string of the molecule is CC(C)CCCCCCN(CCO)CCO. The van der Waals surface area contributed by atoms with E-state index in [1.54, 1.807) is 0 Å². The van der Waals surface area contributed by atoms with Crippen molar-refractivity contribution in [3.8, 4) is 0 Å². The van der Waals surface area contributed by atoms with Crippen LogP contribution in [0.3, 0.4) is 0 Å². The van der Waals surface area contributed by atoms with Gasteiger partial charge in [0.1, 0.15) is 0 Å². The normalized spacial score (nSPS) is 11.6. The van der Waals surface area contributed by atoms with Crippen LogP contribution in [0.5, 0.6) is 0 Å². The molecule has 0 unspecified atom stereocenters. The van der Waals surface area contributed by atoms with E-state index in [1.165, 1.54) is 32.1 Å². The Labute approximate surface area is 100 Å². The molecule has 0 saturated carbocycles. The summed E-state index contributed by atoms with van der Waals surface area (Å²) in [6.07, 6.45) is 6.41. The fourth-order valence-corrected chi connectivity index (χ4v) is 1.86. The molecule has 0 atom stereocenters. The quantitative estimate of drug-likeness (QED) is 0.534. The molecule has 0 saturated heterocycles. The Kier molecular flexibility index (Phi) is 11.3. The molecule has 3 heteroatoms. The average molecular weight is 231 g/mol. The maximum atomic E-state index is 8.84. The third-order valence-corrected chi connectivity index (χ3v) is 2.84. The molecule has 0 aliphatic heterocycles. The van der Waals surface area contributed by atoms with E-state index >= 15 is 0 Å². The molecule has 0 aromatic rings. The van der Waals surface area contributed by atoms with Crippen molar-refractivity contribution in [3.63, 3.8) is 0 Å². The number of nitrogens with zero attached hydrogens (tertiary/aromatic N) is 1. The summed E-state index contributed by atoms with van der Waals surface area (Å²) in [7, 11) is 0. The van der Waals surface area contributed by atoms with Crippen molar-refractivity contribution in [2.24, 2.45) is 5.92 Å². The van der Waals surface area contributed by atoms with Gasteiger partial charge in [-0.2, -0.15) is 0 Å². The molecule has 0 radical (unpaired) electrons. The minimum atomic E-state index is 0.188. The summed E-state index contributed by atoms with van der Waals surface area (Å²) in [5.74, 6) is 0.820. The van der Waals surface area contributed by atoms with Gasteiger partial charge in [0.15, 0.2) is 0 Å². The second kappa shape index (κ2) is 11.4. The summed E-state index contributed by atoms with van der Waals surface area (Å²) >= 11 is 0. The molecule has 3 nitrogen and oxygen atoms in total. The Hall–Kier alpha value is -0.120. The minimum absolute atomic E-state index is 0.188. The monoisotopic (exact) mass is 231 g/mol. The molecule has 0 aromatic carbocycles. The first-order chi connectivity index (χ1) is 7.70. The van der Waals surface area contributed by atoms with Crippen LogP contribution < -0.4 is 0 Å². The predicted molar refractivity (Wildman–Crippen MR) is 68.5 cm³/mol. The zero-order valence-electron chi connectivity index (χ0n) is 11.0. The molecule has 16 heavy (non-hydrogen) atoms. The van der Waals surface area contributed by atoms with Gasteiger partial charge in [0.05, 0.1) is 13.2 Å². The first-order valence-electron chi connectivity index (χ1n) is 6.64. The fraction of sp³-hybridized carbons (Fsp3) is 1.00. The Morgan fingerprint density at radius 3 is 1.88 bits per heavy atom.